The van der Waals surface area contributed by atoms with E-state index < -0.39 is 0 Å². The molecular weight excluding hydrogens is 226 g/mol. The highest BCUT2D eigenvalue weighted by Crippen LogP contribution is 2.16. The van der Waals surface area contributed by atoms with Gasteiger partial charge in [0.2, 0.25) is 0 Å². The van der Waals surface area contributed by atoms with Crippen LogP contribution in [-0.2, 0) is 13.5 Å². The summed E-state index contributed by atoms with van der Waals surface area (Å²) in [5, 5.41) is 0. The predicted octanol–water partition coefficient (Wildman–Crippen LogP) is 1.94. The van der Waals surface area contributed by atoms with Gasteiger partial charge < -0.3 is 5.73 Å². The quantitative estimate of drug-likeness (QED) is 0.879. The van der Waals surface area contributed by atoms with Gasteiger partial charge in [0.1, 0.15) is 5.69 Å². The van der Waals surface area contributed by atoms with Crippen LogP contribution in [0, 0.1) is 13.8 Å². The summed E-state index contributed by atoms with van der Waals surface area (Å²) in [6, 6.07) is 5.98. The van der Waals surface area contributed by atoms with Gasteiger partial charge in [-0.1, -0.05) is 13.0 Å². The van der Waals surface area contributed by atoms with Crippen molar-refractivity contribution in [3.8, 4) is 5.69 Å². The smallest absolute Gasteiger partial charge is 0.294 e. The molecule has 2 aromatic rings. The van der Waals surface area contributed by atoms with Crippen LogP contribution < -0.4 is 11.3 Å². The second-order valence-electron chi connectivity index (χ2n) is 4.62. The molecular formula is C14H19N3O. The first-order valence-electron chi connectivity index (χ1n) is 6.11. The maximum absolute atomic E-state index is 12.2. The minimum absolute atomic E-state index is 0.141. The predicted molar refractivity (Wildman–Crippen MR) is 74.3 cm³/mol. The zero-order chi connectivity index (χ0) is 13.4. The maximum Gasteiger partial charge on any atom is 0.294 e. The molecule has 0 aliphatic rings. The summed E-state index contributed by atoms with van der Waals surface area (Å²) >= 11 is 0. The van der Waals surface area contributed by atoms with Crippen molar-refractivity contribution in [2.24, 2.45) is 7.05 Å². The first kappa shape index (κ1) is 12.5. The Balaban J connectivity index is 2.71. The van der Waals surface area contributed by atoms with E-state index in [2.05, 4.69) is 6.92 Å². The van der Waals surface area contributed by atoms with Crippen LogP contribution >= 0.6 is 0 Å². The molecule has 0 radical (unpaired) electrons. The monoisotopic (exact) mass is 245 g/mol. The summed E-state index contributed by atoms with van der Waals surface area (Å²) in [5.74, 6) is 0. The Hall–Kier alpha value is -1.97. The van der Waals surface area contributed by atoms with Gasteiger partial charge in [-0.3, -0.25) is 9.48 Å². The second kappa shape index (κ2) is 4.37. The zero-order valence-electron chi connectivity index (χ0n) is 11.3. The van der Waals surface area contributed by atoms with Crippen LogP contribution in [0.5, 0.6) is 0 Å². The molecule has 1 heterocycles. The Kier molecular flexibility index (Phi) is 3.03. The molecule has 0 aliphatic carbocycles. The summed E-state index contributed by atoms with van der Waals surface area (Å²) in [6.45, 7) is 6.09. The molecule has 0 saturated heterocycles. The fourth-order valence-corrected chi connectivity index (χ4v) is 2.24. The Labute approximate surface area is 107 Å². The molecule has 4 heteroatoms. The number of hydrogen-bond donors (Lipinski definition) is 1. The Morgan fingerprint density at radius 3 is 2.39 bits per heavy atom. The van der Waals surface area contributed by atoms with E-state index in [1.165, 1.54) is 5.56 Å². The third-order valence-electron chi connectivity index (χ3n) is 3.49. The van der Waals surface area contributed by atoms with Gasteiger partial charge in [-0.2, -0.15) is 0 Å². The van der Waals surface area contributed by atoms with E-state index in [9.17, 15) is 4.79 Å². The molecule has 0 aliphatic heterocycles. The lowest BCUT2D eigenvalue weighted by Crippen LogP contribution is -2.20. The molecule has 18 heavy (non-hydrogen) atoms. The highest BCUT2D eigenvalue weighted by Gasteiger charge is 2.15. The molecule has 1 aromatic carbocycles. The third kappa shape index (κ3) is 1.74. The van der Waals surface area contributed by atoms with Crippen LogP contribution in [0.25, 0.3) is 5.69 Å². The fourth-order valence-electron chi connectivity index (χ4n) is 2.24. The van der Waals surface area contributed by atoms with Gasteiger partial charge in [0.25, 0.3) is 5.56 Å². The third-order valence-corrected chi connectivity index (χ3v) is 3.49. The molecule has 0 bridgehead atoms. The van der Waals surface area contributed by atoms with Crippen molar-refractivity contribution >= 4 is 5.69 Å². The number of nitrogens with two attached hydrogens (primary N) is 1. The van der Waals surface area contributed by atoms with Crippen LogP contribution in [0.4, 0.5) is 5.69 Å². The van der Waals surface area contributed by atoms with Crippen molar-refractivity contribution in [1.29, 1.82) is 0 Å². The van der Waals surface area contributed by atoms with Gasteiger partial charge in [-0.15, -0.1) is 0 Å². The number of nitrogens with zero attached hydrogens (tertiary/aromatic N) is 2. The molecule has 0 fully saturated rings. The molecule has 0 amide bonds. The first-order chi connectivity index (χ1) is 8.47. The van der Waals surface area contributed by atoms with Crippen LogP contribution in [0.3, 0.4) is 0 Å². The van der Waals surface area contributed by atoms with Gasteiger partial charge in [0.15, 0.2) is 0 Å². The molecule has 0 saturated carbocycles. The lowest BCUT2D eigenvalue weighted by molar-refractivity contribution is 0.618. The SMILES string of the molecule is CCc1c(N)c(=O)n(-c2ccc(C)c(C)c2)n1C. The number of aryl methyl sites for hydroxylation is 2. The maximum atomic E-state index is 12.2. The lowest BCUT2D eigenvalue weighted by Gasteiger charge is -2.10. The number of anilines is 1. The lowest BCUT2D eigenvalue weighted by atomic mass is 10.1. The molecule has 0 unspecified atom stereocenters. The Morgan fingerprint density at radius 2 is 1.89 bits per heavy atom. The van der Waals surface area contributed by atoms with E-state index in [-0.39, 0.29) is 5.56 Å². The van der Waals surface area contributed by atoms with Crippen LogP contribution in [0.1, 0.15) is 23.7 Å². The molecule has 2 N–H and O–H groups in total. The van der Waals surface area contributed by atoms with Gasteiger partial charge >= 0.3 is 0 Å². The van der Waals surface area contributed by atoms with Crippen molar-refractivity contribution in [1.82, 2.24) is 9.36 Å². The van der Waals surface area contributed by atoms with E-state index in [1.54, 1.807) is 4.68 Å². The average Bonchev–Trinajstić information content (AvgIpc) is 2.54. The summed E-state index contributed by atoms with van der Waals surface area (Å²) in [5.41, 5.74) is 10.2. The normalized spacial score (nSPS) is 10.9. The summed E-state index contributed by atoms with van der Waals surface area (Å²) in [7, 11) is 1.87. The summed E-state index contributed by atoms with van der Waals surface area (Å²) in [6.07, 6.45) is 0.745. The van der Waals surface area contributed by atoms with Crippen molar-refractivity contribution < 1.29 is 0 Å². The average molecular weight is 245 g/mol. The molecule has 2 rings (SSSR count). The van der Waals surface area contributed by atoms with Gasteiger partial charge in [0, 0.05) is 7.05 Å². The number of rotatable bonds is 2. The van der Waals surface area contributed by atoms with Crippen molar-refractivity contribution in [2.45, 2.75) is 27.2 Å². The number of aromatic nitrogens is 2. The van der Waals surface area contributed by atoms with Crippen LogP contribution in [0.15, 0.2) is 23.0 Å². The van der Waals surface area contributed by atoms with E-state index in [0.717, 1.165) is 23.4 Å². The van der Waals surface area contributed by atoms with E-state index in [0.29, 0.717) is 5.69 Å². The Bertz CT molecular complexity index is 650. The van der Waals surface area contributed by atoms with E-state index in [1.807, 2.05) is 43.8 Å². The van der Waals surface area contributed by atoms with E-state index in [4.69, 9.17) is 5.73 Å². The topological polar surface area (TPSA) is 53.0 Å². The Morgan fingerprint density at radius 1 is 1.22 bits per heavy atom. The molecule has 0 atom stereocenters. The van der Waals surface area contributed by atoms with Crippen molar-refractivity contribution in [3.63, 3.8) is 0 Å². The van der Waals surface area contributed by atoms with Crippen molar-refractivity contribution in [2.75, 3.05) is 5.73 Å². The number of nitrogen functional groups attached to an aromatic ring is 1. The van der Waals surface area contributed by atoms with Crippen LogP contribution in [-0.4, -0.2) is 9.36 Å². The van der Waals surface area contributed by atoms with E-state index >= 15 is 0 Å². The standard InChI is InChI=1S/C14H19N3O/c1-5-12-13(15)14(18)17(16(12)4)11-7-6-9(2)10(3)8-11/h6-8H,5,15H2,1-4H3. The van der Waals surface area contributed by atoms with Gasteiger partial charge in [-0.25, -0.2) is 4.68 Å². The van der Waals surface area contributed by atoms with Crippen molar-refractivity contribution in [3.05, 3.63) is 45.4 Å². The minimum atomic E-state index is -0.141. The zero-order valence-corrected chi connectivity index (χ0v) is 11.3. The molecule has 0 spiro atoms. The first-order valence-corrected chi connectivity index (χ1v) is 6.11. The number of hydrogen-bond acceptors (Lipinski definition) is 2. The summed E-state index contributed by atoms with van der Waals surface area (Å²) in [4.78, 5) is 12.2. The van der Waals surface area contributed by atoms with Gasteiger partial charge in [-0.05, 0) is 43.5 Å². The highest BCUT2D eigenvalue weighted by atomic mass is 16.1. The largest absolute Gasteiger partial charge is 0.393 e. The molecule has 96 valence electrons. The number of benzene rings is 1. The van der Waals surface area contributed by atoms with Gasteiger partial charge in [0.05, 0.1) is 11.4 Å². The molecule has 4 nitrogen and oxygen atoms in total. The fraction of sp³-hybridized carbons (Fsp3) is 0.357. The molecule has 1 aromatic heterocycles. The van der Waals surface area contributed by atoms with Crippen LogP contribution in [0.2, 0.25) is 0 Å². The summed E-state index contributed by atoms with van der Waals surface area (Å²) < 4.78 is 3.46. The second-order valence-corrected chi connectivity index (χ2v) is 4.62. The highest BCUT2D eigenvalue weighted by molar-refractivity contribution is 5.47. The minimum Gasteiger partial charge on any atom is -0.393 e.